The Kier molecular flexibility index (Phi) is 4.49. The van der Waals surface area contributed by atoms with E-state index in [1.54, 1.807) is 12.1 Å². The van der Waals surface area contributed by atoms with Crippen molar-refractivity contribution in [2.45, 2.75) is 41.5 Å². The molecule has 0 aliphatic heterocycles. The van der Waals surface area contributed by atoms with Crippen LogP contribution >= 0.6 is 0 Å². The quantitative estimate of drug-likeness (QED) is 0.680. The van der Waals surface area contributed by atoms with Gasteiger partial charge in [0.15, 0.2) is 0 Å². The van der Waals surface area contributed by atoms with Gasteiger partial charge >= 0.3 is 0 Å². The van der Waals surface area contributed by atoms with Crippen molar-refractivity contribution in [2.24, 2.45) is 15.8 Å². The summed E-state index contributed by atoms with van der Waals surface area (Å²) in [5, 5.41) is 0. The van der Waals surface area contributed by atoms with Crippen molar-refractivity contribution >= 4 is 11.8 Å². The number of hydrogen-bond donors (Lipinski definition) is 0. The Bertz CT molecular complexity index is 490. The minimum absolute atomic E-state index is 0.0568. The van der Waals surface area contributed by atoms with Crippen molar-refractivity contribution < 1.29 is 4.79 Å². The molecule has 1 aromatic carbocycles. The highest BCUT2D eigenvalue weighted by Crippen LogP contribution is 2.37. The molecule has 102 valence electrons. The van der Waals surface area contributed by atoms with Crippen molar-refractivity contribution in [3.63, 3.8) is 0 Å². The van der Waals surface area contributed by atoms with Gasteiger partial charge in [-0.15, -0.1) is 0 Å². The normalized spacial score (nSPS) is 11.7. The summed E-state index contributed by atoms with van der Waals surface area (Å²) >= 11 is 0. The number of hydrogen-bond acceptors (Lipinski definition) is 1. The zero-order valence-corrected chi connectivity index (χ0v) is 12.7. The van der Waals surface area contributed by atoms with Crippen LogP contribution in [-0.2, 0) is 0 Å². The third kappa shape index (κ3) is 4.50. The van der Waals surface area contributed by atoms with E-state index < -0.39 is 0 Å². The minimum Gasteiger partial charge on any atom is -0.266 e. The number of benzene rings is 1. The maximum atomic E-state index is 12.0. The van der Waals surface area contributed by atoms with Gasteiger partial charge in [0, 0.05) is 11.1 Å². The fourth-order valence-corrected chi connectivity index (χ4v) is 2.21. The first kappa shape index (κ1) is 15.4. The molecule has 0 heterocycles. The second kappa shape index (κ2) is 5.54. The lowest BCUT2D eigenvalue weighted by Gasteiger charge is -2.31. The van der Waals surface area contributed by atoms with Crippen molar-refractivity contribution in [1.29, 1.82) is 0 Å². The second-order valence-corrected chi connectivity index (χ2v) is 6.77. The van der Waals surface area contributed by atoms with Crippen LogP contribution in [0, 0.1) is 10.8 Å². The van der Waals surface area contributed by atoms with E-state index in [2.05, 4.69) is 52.4 Å². The third-order valence-electron chi connectivity index (χ3n) is 2.79. The highest BCUT2D eigenvalue weighted by Gasteiger charge is 2.28. The average Bonchev–Trinajstić information content (AvgIpc) is 2.26. The van der Waals surface area contributed by atoms with Crippen LogP contribution in [-0.4, -0.2) is 11.8 Å². The molecule has 0 fully saturated rings. The van der Waals surface area contributed by atoms with E-state index in [0.29, 0.717) is 5.56 Å². The lowest BCUT2D eigenvalue weighted by Crippen LogP contribution is -2.23. The Morgan fingerprint density at radius 2 is 1.42 bits per heavy atom. The summed E-state index contributed by atoms with van der Waals surface area (Å²) in [5.41, 5.74) is 1.53. The molecule has 0 spiro atoms. The van der Waals surface area contributed by atoms with Crippen LogP contribution in [0.1, 0.15) is 51.9 Å². The van der Waals surface area contributed by atoms with Crippen LogP contribution < -0.4 is 0 Å². The van der Waals surface area contributed by atoms with Crippen molar-refractivity contribution in [2.75, 3.05) is 0 Å². The minimum atomic E-state index is -0.244. The third-order valence-corrected chi connectivity index (χ3v) is 2.79. The first-order valence-corrected chi connectivity index (χ1v) is 6.56. The highest BCUT2D eigenvalue weighted by atomic mass is 16.1. The summed E-state index contributed by atoms with van der Waals surface area (Å²) in [6.07, 6.45) is 0. The van der Waals surface area contributed by atoms with Gasteiger partial charge in [-0.2, -0.15) is 4.99 Å². The second-order valence-electron chi connectivity index (χ2n) is 6.77. The monoisotopic (exact) mass is 257 g/mol. The summed E-state index contributed by atoms with van der Waals surface area (Å²) in [6, 6.07) is 9.08. The van der Waals surface area contributed by atoms with Gasteiger partial charge in [0.1, 0.15) is 0 Å². The lowest BCUT2D eigenvalue weighted by atomic mass is 9.73. The topological polar surface area (TPSA) is 29.4 Å². The van der Waals surface area contributed by atoms with Crippen LogP contribution in [0.5, 0.6) is 0 Å². The molecule has 1 amide bonds. The number of amides is 1. The smallest absolute Gasteiger partial charge is 0.266 e. The van der Waals surface area contributed by atoms with E-state index in [-0.39, 0.29) is 16.7 Å². The summed E-state index contributed by atoms with van der Waals surface area (Å²) < 4.78 is 0. The maximum Gasteiger partial charge on any atom is 0.285 e. The molecule has 0 aliphatic rings. The summed E-state index contributed by atoms with van der Waals surface area (Å²) in [5.74, 6) is 2.75. The van der Waals surface area contributed by atoms with Gasteiger partial charge in [-0.3, -0.25) is 4.79 Å². The zero-order valence-electron chi connectivity index (χ0n) is 12.7. The van der Waals surface area contributed by atoms with Gasteiger partial charge in [-0.05, 0) is 28.8 Å². The van der Waals surface area contributed by atoms with E-state index in [0.717, 1.165) is 5.57 Å². The molecular formula is C17H23NO. The molecule has 0 aliphatic carbocycles. The molecule has 0 unspecified atom stereocenters. The Labute approximate surface area is 116 Å². The Balaban J connectivity index is 3.17. The standard InChI is InChI=1S/C17H23NO/c1-16(2,3)14(17(4,5)6)12-18-15(19)13-10-8-7-9-11-13/h7-11H,1-6H3. The summed E-state index contributed by atoms with van der Waals surface area (Å²) in [7, 11) is 0. The molecule has 1 aromatic rings. The van der Waals surface area contributed by atoms with Crippen LogP contribution in [0.2, 0.25) is 0 Å². The number of carbonyl (C=O) groups excluding carboxylic acids is 1. The molecule has 2 nitrogen and oxygen atoms in total. The van der Waals surface area contributed by atoms with E-state index in [1.165, 1.54) is 0 Å². The lowest BCUT2D eigenvalue weighted by molar-refractivity contribution is 0.100. The SMILES string of the molecule is CC(C)(C)C(=C=NC(=O)c1ccccc1)C(C)(C)C. The molecular weight excluding hydrogens is 234 g/mol. The highest BCUT2D eigenvalue weighted by molar-refractivity contribution is 5.98. The molecule has 1 rings (SSSR count). The van der Waals surface area contributed by atoms with Crippen LogP contribution in [0.4, 0.5) is 0 Å². The van der Waals surface area contributed by atoms with E-state index in [4.69, 9.17) is 0 Å². The number of allylic oxidation sites excluding steroid dienone is 1. The largest absolute Gasteiger partial charge is 0.285 e. The van der Waals surface area contributed by atoms with Crippen molar-refractivity contribution in [3.8, 4) is 0 Å². The molecule has 0 saturated carbocycles. The number of carbonyl (C=O) groups is 1. The predicted octanol–water partition coefficient (Wildman–Crippen LogP) is 4.52. The Morgan fingerprint density at radius 1 is 0.947 bits per heavy atom. The van der Waals surface area contributed by atoms with Crippen molar-refractivity contribution in [3.05, 3.63) is 41.5 Å². The van der Waals surface area contributed by atoms with Gasteiger partial charge in [0.2, 0.25) is 0 Å². The van der Waals surface area contributed by atoms with Gasteiger partial charge in [-0.25, -0.2) is 0 Å². The fraction of sp³-hybridized carbons (Fsp3) is 0.471. The predicted molar refractivity (Wildman–Crippen MR) is 80.6 cm³/mol. The summed E-state index contributed by atoms with van der Waals surface area (Å²) in [4.78, 5) is 16.0. The Hall–Kier alpha value is -1.66. The number of aliphatic imine (C=N–C) groups is 1. The number of rotatable bonds is 1. The molecule has 19 heavy (non-hydrogen) atoms. The Morgan fingerprint density at radius 3 is 1.84 bits per heavy atom. The van der Waals surface area contributed by atoms with E-state index in [1.807, 2.05) is 18.2 Å². The zero-order chi connectivity index (χ0) is 14.7. The molecule has 0 aromatic heterocycles. The molecule has 0 bridgehead atoms. The fourth-order valence-electron chi connectivity index (χ4n) is 2.21. The summed E-state index contributed by atoms with van der Waals surface area (Å²) in [6.45, 7) is 12.7. The van der Waals surface area contributed by atoms with Gasteiger partial charge in [0.25, 0.3) is 5.91 Å². The van der Waals surface area contributed by atoms with Crippen molar-refractivity contribution in [1.82, 2.24) is 0 Å². The van der Waals surface area contributed by atoms with Crippen LogP contribution in [0.15, 0.2) is 40.9 Å². The maximum absolute atomic E-state index is 12.0. The van der Waals surface area contributed by atoms with Gasteiger partial charge in [-0.1, -0.05) is 59.7 Å². The average molecular weight is 257 g/mol. The molecule has 0 radical (unpaired) electrons. The van der Waals surface area contributed by atoms with Crippen LogP contribution in [0.3, 0.4) is 0 Å². The first-order valence-electron chi connectivity index (χ1n) is 6.56. The van der Waals surface area contributed by atoms with Crippen LogP contribution in [0.25, 0.3) is 0 Å². The molecule has 0 N–H and O–H groups in total. The van der Waals surface area contributed by atoms with E-state index in [9.17, 15) is 4.79 Å². The number of nitrogens with zero attached hydrogens (tertiary/aromatic N) is 1. The molecule has 0 saturated heterocycles. The molecule has 2 heteroatoms. The van der Waals surface area contributed by atoms with E-state index >= 15 is 0 Å². The molecule has 0 atom stereocenters. The van der Waals surface area contributed by atoms with Gasteiger partial charge in [0.05, 0.1) is 0 Å². The first-order chi connectivity index (χ1) is 8.62. The van der Waals surface area contributed by atoms with Gasteiger partial charge < -0.3 is 0 Å².